The molecule has 1 aromatic carbocycles. The molecule has 0 spiro atoms. The van der Waals surface area contributed by atoms with Gasteiger partial charge in [-0.15, -0.1) is 0 Å². The van der Waals surface area contributed by atoms with Crippen LogP contribution in [0.25, 0.3) is 0 Å². The second kappa shape index (κ2) is 11.3. The molecular formula is C20H31BFN3O5. The molecule has 2 rings (SSSR count). The number of carbonyl (C=O) groups is 2. The number of nitrogens with zero attached hydrogens (tertiary/aromatic N) is 2. The zero-order valence-electron chi connectivity index (χ0n) is 17.1. The Bertz CT molecular complexity index is 688. The minimum Gasteiger partial charge on any atom is -0.480 e. The number of aliphatic carboxylic acids is 1. The van der Waals surface area contributed by atoms with E-state index in [4.69, 9.17) is 15.8 Å². The molecule has 1 aliphatic rings. The monoisotopic (exact) mass is 423 g/mol. The first-order valence-electron chi connectivity index (χ1n) is 10.4. The molecule has 1 fully saturated rings. The van der Waals surface area contributed by atoms with Gasteiger partial charge in [-0.3, -0.25) is 4.79 Å². The number of hydrogen-bond donors (Lipinski definition) is 4. The fraction of sp³-hybridized carbons (Fsp3) is 0.600. The summed E-state index contributed by atoms with van der Waals surface area (Å²) in [6, 6.07) is 8.63. The normalized spacial score (nSPS) is 16.7. The van der Waals surface area contributed by atoms with E-state index in [1.54, 1.807) is 0 Å². The third kappa shape index (κ3) is 6.68. The van der Waals surface area contributed by atoms with E-state index in [1.165, 1.54) is 4.90 Å². The second-order valence-electron chi connectivity index (χ2n) is 7.94. The fourth-order valence-corrected chi connectivity index (χ4v) is 3.94. The van der Waals surface area contributed by atoms with Gasteiger partial charge in [-0.25, -0.2) is 4.79 Å². The lowest BCUT2D eigenvalue weighted by Gasteiger charge is -2.40. The molecule has 1 aliphatic heterocycles. The van der Waals surface area contributed by atoms with Crippen LogP contribution in [0, 0.1) is 5.92 Å². The fourth-order valence-electron chi connectivity index (χ4n) is 3.94. The van der Waals surface area contributed by atoms with Crippen LogP contribution < -0.4 is 5.73 Å². The summed E-state index contributed by atoms with van der Waals surface area (Å²) in [4.78, 5) is 25.6. The van der Waals surface area contributed by atoms with Crippen LogP contribution in [-0.2, 0) is 11.2 Å². The Morgan fingerprint density at radius 2 is 1.83 bits per heavy atom. The average Bonchev–Trinajstić information content (AvgIpc) is 2.75. The molecule has 30 heavy (non-hydrogen) atoms. The summed E-state index contributed by atoms with van der Waals surface area (Å²) < 4.78 is 14.3. The predicted octanol–water partition coefficient (Wildman–Crippen LogP) is 1.67. The van der Waals surface area contributed by atoms with Gasteiger partial charge in [0.25, 0.3) is 0 Å². The highest BCUT2D eigenvalue weighted by molar-refractivity contribution is 6.40. The molecule has 1 unspecified atom stereocenters. The summed E-state index contributed by atoms with van der Waals surface area (Å²) in [5.74, 6) is -1.44. The van der Waals surface area contributed by atoms with E-state index in [2.05, 4.69) is 0 Å². The number of halogens is 1. The van der Waals surface area contributed by atoms with Gasteiger partial charge in [0.15, 0.2) is 0 Å². The van der Waals surface area contributed by atoms with Gasteiger partial charge >= 0.3 is 19.1 Å². The van der Waals surface area contributed by atoms with Crippen LogP contribution in [0.4, 0.5) is 9.28 Å². The van der Waals surface area contributed by atoms with Crippen LogP contribution >= 0.6 is 0 Å². The lowest BCUT2D eigenvalue weighted by molar-refractivity contribution is -0.146. The van der Waals surface area contributed by atoms with E-state index < -0.39 is 24.7 Å². The van der Waals surface area contributed by atoms with E-state index >= 15 is 0 Å². The Hall–Kier alpha value is -2.17. The molecule has 166 valence electrons. The van der Waals surface area contributed by atoms with Crippen molar-refractivity contribution in [1.29, 1.82) is 0 Å². The molecule has 1 aromatic rings. The van der Waals surface area contributed by atoms with E-state index in [0.29, 0.717) is 32.1 Å². The van der Waals surface area contributed by atoms with Crippen molar-refractivity contribution in [2.24, 2.45) is 11.7 Å². The number of unbranched alkanes of at least 4 members (excludes halogenated alkanes) is 1. The minimum absolute atomic E-state index is 0.0462. The maximum absolute atomic E-state index is 14.3. The Morgan fingerprint density at radius 1 is 1.20 bits per heavy atom. The number of carboxylic acid groups (broad SMARTS) is 1. The SMILES string of the molecule is NC(CCCCB(O)O)(C(=O)O)C1CCN(C(=O)N(F)CCc2ccccc2)CC1. The van der Waals surface area contributed by atoms with Crippen LogP contribution in [0.2, 0.25) is 6.32 Å². The van der Waals surface area contributed by atoms with Gasteiger partial charge in [-0.05, 0) is 43.5 Å². The number of urea groups is 1. The molecule has 1 saturated heterocycles. The molecule has 1 atom stereocenters. The third-order valence-electron chi connectivity index (χ3n) is 5.84. The summed E-state index contributed by atoms with van der Waals surface area (Å²) in [7, 11) is -1.42. The van der Waals surface area contributed by atoms with Crippen molar-refractivity contribution in [1.82, 2.24) is 10.0 Å². The maximum Gasteiger partial charge on any atom is 0.451 e. The molecule has 2 amide bonds. The summed E-state index contributed by atoms with van der Waals surface area (Å²) in [5, 5.41) is 27.7. The largest absolute Gasteiger partial charge is 0.480 e. The number of likely N-dealkylation sites (tertiary alicyclic amines) is 1. The first-order valence-corrected chi connectivity index (χ1v) is 10.4. The number of carboxylic acids is 1. The summed E-state index contributed by atoms with van der Waals surface area (Å²) in [6.45, 7) is 0.448. The predicted molar refractivity (Wildman–Crippen MR) is 111 cm³/mol. The Kier molecular flexibility index (Phi) is 9.07. The Balaban J connectivity index is 1.83. The van der Waals surface area contributed by atoms with Gasteiger partial charge in [0.05, 0.1) is 6.54 Å². The van der Waals surface area contributed by atoms with E-state index in [-0.39, 0.29) is 43.4 Å². The first-order chi connectivity index (χ1) is 14.2. The van der Waals surface area contributed by atoms with Crippen molar-refractivity contribution in [3.63, 3.8) is 0 Å². The average molecular weight is 423 g/mol. The first kappa shape index (κ1) is 24.1. The Morgan fingerprint density at radius 3 is 2.40 bits per heavy atom. The second-order valence-corrected chi connectivity index (χ2v) is 7.94. The molecule has 1 heterocycles. The van der Waals surface area contributed by atoms with Crippen molar-refractivity contribution in [3.8, 4) is 0 Å². The van der Waals surface area contributed by atoms with Crippen LogP contribution in [0.1, 0.15) is 37.7 Å². The number of benzene rings is 1. The zero-order valence-corrected chi connectivity index (χ0v) is 17.1. The minimum atomic E-state index is -1.45. The van der Waals surface area contributed by atoms with Gasteiger partial charge in [-0.1, -0.05) is 47.7 Å². The van der Waals surface area contributed by atoms with E-state index in [9.17, 15) is 19.2 Å². The van der Waals surface area contributed by atoms with Crippen LogP contribution in [0.15, 0.2) is 30.3 Å². The Labute approximate surface area is 176 Å². The highest BCUT2D eigenvalue weighted by Gasteiger charge is 2.43. The molecule has 0 radical (unpaired) electrons. The number of hydrogen-bond acceptors (Lipinski definition) is 5. The van der Waals surface area contributed by atoms with Gasteiger partial charge in [0, 0.05) is 13.1 Å². The lowest BCUT2D eigenvalue weighted by atomic mass is 9.74. The molecular weight excluding hydrogens is 392 g/mol. The van der Waals surface area contributed by atoms with E-state index in [0.717, 1.165) is 5.56 Å². The molecule has 0 saturated carbocycles. The van der Waals surface area contributed by atoms with Gasteiger partial charge in [-0.2, -0.15) is 5.12 Å². The van der Waals surface area contributed by atoms with Crippen LogP contribution in [0.5, 0.6) is 0 Å². The number of carbonyl (C=O) groups excluding carboxylic acids is 1. The van der Waals surface area contributed by atoms with Crippen molar-refractivity contribution in [3.05, 3.63) is 35.9 Å². The standard InChI is InChI=1S/C20H31BFN3O5/c22-25(15-8-16-6-2-1-3-7-16)19(28)24-13-9-17(10-14-24)20(23,18(26)27)11-4-5-12-21(29)30/h1-3,6-7,17,29-30H,4-5,8-15,23H2,(H,26,27). The number of piperidine rings is 1. The zero-order chi connectivity index (χ0) is 22.1. The van der Waals surface area contributed by atoms with Crippen molar-refractivity contribution >= 4 is 19.1 Å². The van der Waals surface area contributed by atoms with E-state index in [1.807, 2.05) is 30.3 Å². The number of amides is 2. The van der Waals surface area contributed by atoms with Crippen molar-refractivity contribution < 1.29 is 29.2 Å². The summed E-state index contributed by atoms with van der Waals surface area (Å²) in [6.07, 6.45) is 2.45. The highest BCUT2D eigenvalue weighted by atomic mass is 19.2. The summed E-state index contributed by atoms with van der Waals surface area (Å²) in [5.41, 5.74) is 5.71. The van der Waals surface area contributed by atoms with Crippen LogP contribution in [-0.4, -0.2) is 69.5 Å². The smallest absolute Gasteiger partial charge is 0.451 e. The molecule has 10 heteroatoms. The van der Waals surface area contributed by atoms with Gasteiger partial charge < -0.3 is 25.8 Å². The maximum atomic E-state index is 14.3. The third-order valence-corrected chi connectivity index (χ3v) is 5.84. The number of rotatable bonds is 10. The quantitative estimate of drug-likeness (QED) is 0.258. The lowest BCUT2D eigenvalue weighted by Crippen LogP contribution is -2.57. The van der Waals surface area contributed by atoms with Crippen molar-refractivity contribution in [2.45, 2.75) is 50.4 Å². The van der Waals surface area contributed by atoms with Crippen molar-refractivity contribution in [2.75, 3.05) is 19.6 Å². The molecule has 0 aliphatic carbocycles. The molecule has 0 bridgehead atoms. The number of nitrogens with two attached hydrogens (primary N) is 1. The van der Waals surface area contributed by atoms with Crippen LogP contribution in [0.3, 0.4) is 0 Å². The molecule has 5 N–H and O–H groups in total. The van der Waals surface area contributed by atoms with Gasteiger partial charge in [0.2, 0.25) is 0 Å². The topological polar surface area (TPSA) is 127 Å². The molecule has 0 aromatic heterocycles. The summed E-state index contributed by atoms with van der Waals surface area (Å²) >= 11 is 0. The van der Waals surface area contributed by atoms with Gasteiger partial charge in [0.1, 0.15) is 5.54 Å². The highest BCUT2D eigenvalue weighted by Crippen LogP contribution is 2.31. The molecule has 8 nitrogen and oxygen atoms in total.